The van der Waals surface area contributed by atoms with Crippen molar-refractivity contribution >= 4 is 23.3 Å². The van der Waals surface area contributed by atoms with Crippen molar-refractivity contribution in [3.8, 4) is 5.75 Å². The topological polar surface area (TPSA) is 84.5 Å². The predicted molar refractivity (Wildman–Crippen MR) is 109 cm³/mol. The summed E-state index contributed by atoms with van der Waals surface area (Å²) in [4.78, 5) is 36.8. The summed E-state index contributed by atoms with van der Waals surface area (Å²) in [5.74, 6) is -0.199. The summed E-state index contributed by atoms with van der Waals surface area (Å²) < 4.78 is 5.37. The van der Waals surface area contributed by atoms with E-state index in [0.717, 1.165) is 0 Å². The molecule has 0 saturated carbocycles. The van der Waals surface area contributed by atoms with E-state index in [1.54, 1.807) is 48.5 Å². The maximum atomic E-state index is 12.7. The Morgan fingerprint density at radius 1 is 1.00 bits per heavy atom. The van der Waals surface area contributed by atoms with Gasteiger partial charge in [0.15, 0.2) is 5.78 Å². The van der Waals surface area contributed by atoms with Gasteiger partial charge in [-0.1, -0.05) is 26.0 Å². The fourth-order valence-corrected chi connectivity index (χ4v) is 2.66. The van der Waals surface area contributed by atoms with Crippen LogP contribution in [-0.2, 0) is 4.79 Å². The summed E-state index contributed by atoms with van der Waals surface area (Å²) >= 11 is 0. The van der Waals surface area contributed by atoms with Gasteiger partial charge in [-0.15, -0.1) is 0 Å². The van der Waals surface area contributed by atoms with Gasteiger partial charge in [0.2, 0.25) is 5.91 Å². The molecule has 2 N–H and O–H groups in total. The van der Waals surface area contributed by atoms with Gasteiger partial charge in [-0.05, 0) is 56.2 Å². The van der Waals surface area contributed by atoms with Gasteiger partial charge in [0.05, 0.1) is 6.61 Å². The van der Waals surface area contributed by atoms with Crippen LogP contribution in [0.1, 0.15) is 48.4 Å². The SMILES string of the molecule is CCOc1ccc(C(=O)N[C@H](C(=O)Nc2cccc(C(C)=O)c2)C(C)C)cc1. The number of ether oxygens (including phenoxy) is 1. The average molecular weight is 382 g/mol. The molecule has 28 heavy (non-hydrogen) atoms. The van der Waals surface area contributed by atoms with Crippen LogP contribution in [-0.4, -0.2) is 30.2 Å². The van der Waals surface area contributed by atoms with E-state index in [2.05, 4.69) is 10.6 Å². The number of carbonyl (C=O) groups is 3. The number of hydrogen-bond acceptors (Lipinski definition) is 4. The Bertz CT molecular complexity index is 844. The van der Waals surface area contributed by atoms with Gasteiger partial charge in [0, 0.05) is 16.8 Å². The lowest BCUT2D eigenvalue weighted by Gasteiger charge is -2.22. The van der Waals surface area contributed by atoms with Crippen LogP contribution in [0.15, 0.2) is 48.5 Å². The number of rotatable bonds is 8. The molecule has 0 unspecified atom stereocenters. The lowest BCUT2D eigenvalue weighted by Crippen LogP contribution is -2.47. The standard InChI is InChI=1S/C22H26N2O4/c1-5-28-19-11-9-16(10-12-19)21(26)24-20(14(2)3)22(27)23-18-8-6-7-17(13-18)15(4)25/h6-14,20H,5H2,1-4H3,(H,23,27)(H,24,26)/t20-/m0/s1. The average Bonchev–Trinajstić information content (AvgIpc) is 2.66. The lowest BCUT2D eigenvalue weighted by atomic mass is 10.0. The van der Waals surface area contributed by atoms with Crippen molar-refractivity contribution in [2.75, 3.05) is 11.9 Å². The summed E-state index contributed by atoms with van der Waals surface area (Å²) in [5, 5.41) is 5.56. The monoisotopic (exact) mass is 382 g/mol. The molecule has 148 valence electrons. The molecule has 2 amide bonds. The molecule has 0 aliphatic heterocycles. The van der Waals surface area contributed by atoms with E-state index in [4.69, 9.17) is 4.74 Å². The number of carbonyl (C=O) groups excluding carboxylic acids is 3. The number of amides is 2. The third-order valence-electron chi connectivity index (χ3n) is 4.20. The molecule has 0 aliphatic rings. The van der Waals surface area contributed by atoms with Gasteiger partial charge in [0.25, 0.3) is 5.91 Å². The highest BCUT2D eigenvalue weighted by atomic mass is 16.5. The van der Waals surface area contributed by atoms with Crippen molar-refractivity contribution in [2.24, 2.45) is 5.92 Å². The first-order valence-corrected chi connectivity index (χ1v) is 9.27. The van der Waals surface area contributed by atoms with Gasteiger partial charge < -0.3 is 15.4 Å². The van der Waals surface area contributed by atoms with Crippen LogP contribution in [0.2, 0.25) is 0 Å². The Labute approximate surface area is 165 Å². The van der Waals surface area contributed by atoms with Gasteiger partial charge in [0.1, 0.15) is 11.8 Å². The second kappa shape index (κ2) is 9.69. The summed E-state index contributed by atoms with van der Waals surface area (Å²) in [6.07, 6.45) is 0. The van der Waals surface area contributed by atoms with Crippen LogP contribution in [0, 0.1) is 5.92 Å². The molecule has 1 atom stereocenters. The van der Waals surface area contributed by atoms with Crippen LogP contribution >= 0.6 is 0 Å². The Balaban J connectivity index is 2.09. The van der Waals surface area contributed by atoms with E-state index in [1.165, 1.54) is 6.92 Å². The highest BCUT2D eigenvalue weighted by molar-refractivity contribution is 6.02. The fourth-order valence-electron chi connectivity index (χ4n) is 2.66. The largest absolute Gasteiger partial charge is 0.494 e. The molecule has 0 heterocycles. The minimum atomic E-state index is -0.722. The first-order chi connectivity index (χ1) is 13.3. The fraction of sp³-hybridized carbons (Fsp3) is 0.318. The van der Waals surface area contributed by atoms with Crippen molar-refractivity contribution < 1.29 is 19.1 Å². The number of hydrogen-bond donors (Lipinski definition) is 2. The molecule has 2 rings (SSSR count). The van der Waals surface area contributed by atoms with E-state index >= 15 is 0 Å². The molecule has 0 bridgehead atoms. The molecule has 0 saturated heterocycles. The van der Waals surface area contributed by atoms with E-state index in [9.17, 15) is 14.4 Å². The van der Waals surface area contributed by atoms with E-state index in [1.807, 2.05) is 20.8 Å². The van der Waals surface area contributed by atoms with Gasteiger partial charge >= 0.3 is 0 Å². The Hall–Kier alpha value is -3.15. The molecule has 0 fully saturated rings. The highest BCUT2D eigenvalue weighted by Gasteiger charge is 2.25. The Morgan fingerprint density at radius 2 is 1.68 bits per heavy atom. The molecule has 0 aliphatic carbocycles. The molecule has 2 aromatic carbocycles. The zero-order valence-electron chi connectivity index (χ0n) is 16.6. The molecule has 6 heteroatoms. The van der Waals surface area contributed by atoms with Crippen molar-refractivity contribution in [1.82, 2.24) is 5.32 Å². The van der Waals surface area contributed by atoms with E-state index in [-0.39, 0.29) is 23.5 Å². The van der Waals surface area contributed by atoms with E-state index in [0.29, 0.717) is 29.2 Å². The number of ketones is 1. The minimum absolute atomic E-state index is 0.0830. The maximum Gasteiger partial charge on any atom is 0.251 e. The van der Waals surface area contributed by atoms with Crippen LogP contribution in [0.4, 0.5) is 5.69 Å². The zero-order chi connectivity index (χ0) is 20.7. The molecule has 6 nitrogen and oxygen atoms in total. The third-order valence-corrected chi connectivity index (χ3v) is 4.20. The summed E-state index contributed by atoms with van der Waals surface area (Å²) in [7, 11) is 0. The van der Waals surface area contributed by atoms with Crippen LogP contribution in [0.3, 0.4) is 0 Å². The predicted octanol–water partition coefficient (Wildman–Crippen LogP) is 3.68. The first-order valence-electron chi connectivity index (χ1n) is 9.27. The van der Waals surface area contributed by atoms with E-state index < -0.39 is 6.04 Å². The van der Waals surface area contributed by atoms with Gasteiger partial charge in [-0.2, -0.15) is 0 Å². The summed E-state index contributed by atoms with van der Waals surface area (Å²) in [5.41, 5.74) is 1.47. The second-order valence-electron chi connectivity index (χ2n) is 6.78. The summed E-state index contributed by atoms with van der Waals surface area (Å²) in [6.45, 7) is 7.61. The Morgan fingerprint density at radius 3 is 2.25 bits per heavy atom. The minimum Gasteiger partial charge on any atom is -0.494 e. The smallest absolute Gasteiger partial charge is 0.251 e. The number of benzene rings is 2. The molecule has 0 aromatic heterocycles. The number of anilines is 1. The second-order valence-corrected chi connectivity index (χ2v) is 6.78. The summed E-state index contributed by atoms with van der Waals surface area (Å²) in [6, 6.07) is 12.7. The first kappa shape index (κ1) is 21.2. The van der Waals surface area contributed by atoms with Crippen molar-refractivity contribution in [1.29, 1.82) is 0 Å². The van der Waals surface area contributed by atoms with Crippen molar-refractivity contribution in [3.63, 3.8) is 0 Å². The lowest BCUT2D eigenvalue weighted by molar-refractivity contribution is -0.118. The molecule has 0 spiro atoms. The van der Waals surface area contributed by atoms with Crippen LogP contribution < -0.4 is 15.4 Å². The van der Waals surface area contributed by atoms with Crippen molar-refractivity contribution in [2.45, 2.75) is 33.7 Å². The number of Topliss-reactive ketones (excluding diaryl/α,β-unsaturated/α-hetero) is 1. The van der Waals surface area contributed by atoms with Crippen LogP contribution in [0.25, 0.3) is 0 Å². The third kappa shape index (κ3) is 5.67. The molecular weight excluding hydrogens is 356 g/mol. The number of nitrogens with one attached hydrogen (secondary N) is 2. The maximum absolute atomic E-state index is 12.7. The molecule has 2 aromatic rings. The zero-order valence-corrected chi connectivity index (χ0v) is 16.6. The quantitative estimate of drug-likeness (QED) is 0.682. The van der Waals surface area contributed by atoms with Gasteiger partial charge in [-0.25, -0.2) is 0 Å². The van der Waals surface area contributed by atoms with Gasteiger partial charge in [-0.3, -0.25) is 14.4 Å². The normalized spacial score (nSPS) is 11.6. The molecule has 0 radical (unpaired) electrons. The Kier molecular flexibility index (Phi) is 7.32. The highest BCUT2D eigenvalue weighted by Crippen LogP contribution is 2.15. The van der Waals surface area contributed by atoms with Crippen molar-refractivity contribution in [3.05, 3.63) is 59.7 Å². The molecular formula is C22H26N2O4. The van der Waals surface area contributed by atoms with Crippen LogP contribution in [0.5, 0.6) is 5.75 Å².